The van der Waals surface area contributed by atoms with Crippen molar-refractivity contribution >= 4 is 12.1 Å². The van der Waals surface area contributed by atoms with Gasteiger partial charge in [-0.05, 0) is 26.2 Å². The van der Waals surface area contributed by atoms with Crippen LogP contribution in [0.25, 0.3) is 0 Å². The van der Waals surface area contributed by atoms with E-state index in [1.165, 1.54) is 5.01 Å². The van der Waals surface area contributed by atoms with Crippen LogP contribution in [0.3, 0.4) is 0 Å². The van der Waals surface area contributed by atoms with Crippen molar-refractivity contribution in [2.45, 2.75) is 0 Å². The van der Waals surface area contributed by atoms with Gasteiger partial charge in [0.2, 0.25) is 6.41 Å². The van der Waals surface area contributed by atoms with Gasteiger partial charge in [0, 0.05) is 0 Å². The largest absolute Gasteiger partial charge is 0.290 e. The predicted octanol–water partition coefficient (Wildman–Crippen LogP) is 1.66. The third kappa shape index (κ3) is 4.33. The maximum absolute atomic E-state index is 10.6. The van der Waals surface area contributed by atoms with Gasteiger partial charge in [-0.25, -0.2) is 5.01 Å². The minimum atomic E-state index is 0.417. The molecular weight excluding hydrogens is 192 g/mol. The summed E-state index contributed by atoms with van der Waals surface area (Å²) in [7, 11) is 3.71. The molecule has 0 saturated heterocycles. The number of hydrogen-bond acceptors (Lipinski definition) is 4. The molecule has 0 aliphatic rings. The van der Waals surface area contributed by atoms with E-state index >= 15 is 0 Å². The Morgan fingerprint density at radius 3 is 2.47 bits per heavy atom. The van der Waals surface area contributed by atoms with E-state index in [0.29, 0.717) is 13.1 Å². The Bertz CT molecular complexity index is 323. The van der Waals surface area contributed by atoms with Gasteiger partial charge in [-0.15, -0.1) is 5.11 Å². The van der Waals surface area contributed by atoms with E-state index in [1.807, 2.05) is 49.3 Å². The highest BCUT2D eigenvalue weighted by atomic mass is 16.1. The lowest BCUT2D eigenvalue weighted by Crippen LogP contribution is -2.28. The molecule has 0 aliphatic heterocycles. The highest BCUT2D eigenvalue weighted by Crippen LogP contribution is 2.10. The maximum atomic E-state index is 10.6. The molecule has 0 spiro atoms. The molecule has 0 aromatic heterocycles. The molecule has 0 atom stereocenters. The summed E-state index contributed by atoms with van der Waals surface area (Å²) >= 11 is 0. The maximum Gasteiger partial charge on any atom is 0.232 e. The minimum absolute atomic E-state index is 0.417. The molecule has 1 rings (SSSR count). The van der Waals surface area contributed by atoms with Crippen LogP contribution < -0.4 is 0 Å². The molecule has 0 aliphatic carbocycles. The molecule has 1 aromatic rings. The molecule has 15 heavy (non-hydrogen) atoms. The molecular formula is C10H14N4O. The standard InChI is InChI=1S/C10H14N4O/c1-13(2)8-14(9-15)12-11-10-6-4-3-5-7-10/h3-7,9H,8H2,1-2H3. The van der Waals surface area contributed by atoms with Crippen molar-refractivity contribution < 1.29 is 4.79 Å². The van der Waals surface area contributed by atoms with Gasteiger partial charge in [-0.1, -0.05) is 23.4 Å². The van der Waals surface area contributed by atoms with Gasteiger partial charge in [0.05, 0.1) is 12.4 Å². The number of hydrogen-bond donors (Lipinski definition) is 0. The van der Waals surface area contributed by atoms with Crippen molar-refractivity contribution in [2.24, 2.45) is 10.3 Å². The van der Waals surface area contributed by atoms with Crippen LogP contribution in [-0.4, -0.2) is 37.1 Å². The summed E-state index contributed by atoms with van der Waals surface area (Å²) in [6.45, 7) is 0.417. The molecule has 0 radical (unpaired) electrons. The highest BCUT2D eigenvalue weighted by molar-refractivity contribution is 5.46. The van der Waals surface area contributed by atoms with Crippen molar-refractivity contribution in [3.8, 4) is 0 Å². The monoisotopic (exact) mass is 206 g/mol. The summed E-state index contributed by atoms with van der Waals surface area (Å²) in [4.78, 5) is 12.4. The van der Waals surface area contributed by atoms with E-state index in [4.69, 9.17) is 0 Å². The first-order valence-corrected chi connectivity index (χ1v) is 4.56. The lowest BCUT2D eigenvalue weighted by atomic mass is 10.3. The first-order chi connectivity index (χ1) is 7.22. The summed E-state index contributed by atoms with van der Waals surface area (Å²) < 4.78 is 0. The molecule has 0 fully saturated rings. The third-order valence-corrected chi connectivity index (χ3v) is 1.58. The van der Waals surface area contributed by atoms with E-state index in [2.05, 4.69) is 10.3 Å². The van der Waals surface area contributed by atoms with E-state index in [0.717, 1.165) is 5.69 Å². The summed E-state index contributed by atoms with van der Waals surface area (Å²) in [5.74, 6) is 0. The fraction of sp³-hybridized carbons (Fsp3) is 0.300. The van der Waals surface area contributed by atoms with Gasteiger partial charge in [0.15, 0.2) is 0 Å². The topological polar surface area (TPSA) is 48.3 Å². The third-order valence-electron chi connectivity index (χ3n) is 1.58. The van der Waals surface area contributed by atoms with Crippen molar-refractivity contribution in [3.63, 3.8) is 0 Å². The lowest BCUT2D eigenvalue weighted by molar-refractivity contribution is -0.120. The molecule has 5 nitrogen and oxygen atoms in total. The van der Waals surface area contributed by atoms with Crippen LogP contribution in [0.1, 0.15) is 0 Å². The Hall–Kier alpha value is -1.75. The van der Waals surface area contributed by atoms with Gasteiger partial charge >= 0.3 is 0 Å². The van der Waals surface area contributed by atoms with Crippen LogP contribution in [0, 0.1) is 0 Å². The lowest BCUT2D eigenvalue weighted by Gasteiger charge is -2.14. The summed E-state index contributed by atoms with van der Waals surface area (Å²) in [5.41, 5.74) is 0.725. The fourth-order valence-electron chi connectivity index (χ4n) is 0.976. The van der Waals surface area contributed by atoms with Crippen molar-refractivity contribution in [3.05, 3.63) is 30.3 Å². The Labute approximate surface area is 89.0 Å². The Kier molecular flexibility index (Phi) is 4.43. The molecule has 5 heteroatoms. The number of amides is 1. The molecule has 80 valence electrons. The summed E-state index contributed by atoms with van der Waals surface area (Å²) in [6.07, 6.45) is 0.645. The predicted molar refractivity (Wildman–Crippen MR) is 57.4 cm³/mol. The number of carbonyl (C=O) groups excluding carboxylic acids is 1. The SMILES string of the molecule is CN(C)CN(C=O)N=Nc1ccccc1. The zero-order valence-corrected chi connectivity index (χ0v) is 8.87. The fourth-order valence-corrected chi connectivity index (χ4v) is 0.976. The number of nitrogens with zero attached hydrogens (tertiary/aromatic N) is 4. The van der Waals surface area contributed by atoms with E-state index in [1.54, 1.807) is 0 Å². The Morgan fingerprint density at radius 1 is 1.27 bits per heavy atom. The Morgan fingerprint density at radius 2 is 1.93 bits per heavy atom. The second kappa shape index (κ2) is 5.87. The molecule has 0 N–H and O–H groups in total. The average Bonchev–Trinajstić information content (AvgIpc) is 2.25. The molecule has 1 aromatic carbocycles. The van der Waals surface area contributed by atoms with Crippen LogP contribution in [0.2, 0.25) is 0 Å². The first-order valence-electron chi connectivity index (χ1n) is 4.56. The molecule has 0 bridgehead atoms. The van der Waals surface area contributed by atoms with E-state index in [9.17, 15) is 4.79 Å². The first kappa shape index (κ1) is 11.3. The highest BCUT2D eigenvalue weighted by Gasteiger charge is 1.99. The van der Waals surface area contributed by atoms with Gasteiger partial charge in [-0.2, -0.15) is 0 Å². The second-order valence-corrected chi connectivity index (χ2v) is 3.29. The number of carbonyl (C=O) groups is 1. The molecule has 1 amide bonds. The molecule has 0 saturated carbocycles. The van der Waals surface area contributed by atoms with E-state index < -0.39 is 0 Å². The van der Waals surface area contributed by atoms with Crippen LogP contribution >= 0.6 is 0 Å². The van der Waals surface area contributed by atoms with Crippen LogP contribution in [0.4, 0.5) is 5.69 Å². The van der Waals surface area contributed by atoms with Crippen molar-refractivity contribution in [1.29, 1.82) is 0 Å². The summed E-state index contributed by atoms with van der Waals surface area (Å²) in [6, 6.07) is 9.28. The zero-order valence-electron chi connectivity index (χ0n) is 8.87. The quantitative estimate of drug-likeness (QED) is 0.318. The number of benzene rings is 1. The minimum Gasteiger partial charge on any atom is -0.290 e. The van der Waals surface area contributed by atoms with Gasteiger partial charge in [0.25, 0.3) is 0 Å². The van der Waals surface area contributed by atoms with Gasteiger partial charge in [-0.3, -0.25) is 9.69 Å². The van der Waals surface area contributed by atoms with Crippen LogP contribution in [-0.2, 0) is 4.79 Å². The second-order valence-electron chi connectivity index (χ2n) is 3.29. The average molecular weight is 206 g/mol. The van der Waals surface area contributed by atoms with Crippen LogP contribution in [0.5, 0.6) is 0 Å². The summed E-state index contributed by atoms with van der Waals surface area (Å²) in [5, 5.41) is 8.95. The normalized spacial score (nSPS) is 10.9. The molecule has 0 heterocycles. The van der Waals surface area contributed by atoms with Gasteiger partial charge < -0.3 is 0 Å². The molecule has 0 unspecified atom stereocenters. The Balaban J connectivity index is 2.59. The van der Waals surface area contributed by atoms with Gasteiger partial charge in [0.1, 0.15) is 0 Å². The smallest absolute Gasteiger partial charge is 0.232 e. The van der Waals surface area contributed by atoms with Crippen molar-refractivity contribution in [2.75, 3.05) is 20.8 Å². The van der Waals surface area contributed by atoms with Crippen LogP contribution in [0.15, 0.2) is 40.7 Å². The van der Waals surface area contributed by atoms with Crippen molar-refractivity contribution in [1.82, 2.24) is 9.91 Å². The zero-order chi connectivity index (χ0) is 11.1. The number of rotatable bonds is 5. The van der Waals surface area contributed by atoms with E-state index in [-0.39, 0.29) is 0 Å².